The third kappa shape index (κ3) is 2.07. The average molecular weight is 283 g/mol. The largest absolute Gasteiger partial charge is 0.399 e. The lowest BCUT2D eigenvalue weighted by Crippen LogP contribution is -2.33. The molecule has 0 radical (unpaired) electrons. The molecule has 1 fully saturated rings. The third-order valence-electron chi connectivity index (χ3n) is 3.03. The van der Waals surface area contributed by atoms with Crippen molar-refractivity contribution in [3.63, 3.8) is 0 Å². The molecule has 16 heavy (non-hydrogen) atoms. The number of anilines is 1. The zero-order chi connectivity index (χ0) is 11.7. The molecule has 1 atom stereocenters. The molecule has 1 aliphatic heterocycles. The number of hydrogen-bond acceptors (Lipinski definition) is 2. The molecule has 1 saturated heterocycles. The first-order chi connectivity index (χ1) is 7.59. The molecule has 1 heterocycles. The van der Waals surface area contributed by atoms with Crippen molar-refractivity contribution >= 4 is 27.5 Å². The van der Waals surface area contributed by atoms with Crippen molar-refractivity contribution in [1.29, 1.82) is 0 Å². The van der Waals surface area contributed by atoms with Gasteiger partial charge in [0.05, 0.1) is 5.56 Å². The highest BCUT2D eigenvalue weighted by atomic mass is 79.9. The molecule has 0 aromatic heterocycles. The van der Waals surface area contributed by atoms with Gasteiger partial charge in [-0.25, -0.2) is 0 Å². The van der Waals surface area contributed by atoms with Gasteiger partial charge in [-0.1, -0.05) is 0 Å². The van der Waals surface area contributed by atoms with E-state index >= 15 is 0 Å². The van der Waals surface area contributed by atoms with Crippen LogP contribution in [0.3, 0.4) is 0 Å². The number of benzene rings is 1. The second-order valence-corrected chi connectivity index (χ2v) is 5.08. The van der Waals surface area contributed by atoms with E-state index in [9.17, 15) is 4.79 Å². The predicted octanol–water partition coefficient (Wildman–Crippen LogP) is 2.66. The van der Waals surface area contributed by atoms with Crippen molar-refractivity contribution in [3.05, 3.63) is 28.2 Å². The SMILES string of the molecule is CC1CCCN1C(=O)c1cc(N)ccc1Br. The van der Waals surface area contributed by atoms with Gasteiger partial charge in [-0.3, -0.25) is 4.79 Å². The van der Waals surface area contributed by atoms with E-state index in [1.807, 2.05) is 11.0 Å². The van der Waals surface area contributed by atoms with Gasteiger partial charge in [0.1, 0.15) is 0 Å². The van der Waals surface area contributed by atoms with Crippen LogP contribution in [0.1, 0.15) is 30.1 Å². The Morgan fingerprint density at radius 2 is 2.31 bits per heavy atom. The van der Waals surface area contributed by atoms with Gasteiger partial charge >= 0.3 is 0 Å². The average Bonchev–Trinajstić information content (AvgIpc) is 2.67. The third-order valence-corrected chi connectivity index (χ3v) is 3.73. The standard InChI is InChI=1S/C12H15BrN2O/c1-8-3-2-6-15(8)12(16)10-7-9(14)4-5-11(10)13/h4-5,7-8H,2-3,6,14H2,1H3. The van der Waals surface area contributed by atoms with Crippen molar-refractivity contribution in [3.8, 4) is 0 Å². The van der Waals surface area contributed by atoms with Gasteiger partial charge in [0, 0.05) is 22.7 Å². The van der Waals surface area contributed by atoms with Crippen molar-refractivity contribution < 1.29 is 4.79 Å². The summed E-state index contributed by atoms with van der Waals surface area (Å²) in [7, 11) is 0. The van der Waals surface area contributed by atoms with E-state index in [1.54, 1.807) is 12.1 Å². The second-order valence-electron chi connectivity index (χ2n) is 4.23. The summed E-state index contributed by atoms with van der Waals surface area (Å²) < 4.78 is 0.811. The Hall–Kier alpha value is -1.03. The molecule has 4 heteroatoms. The maximum Gasteiger partial charge on any atom is 0.255 e. The van der Waals surface area contributed by atoms with Gasteiger partial charge in [0.2, 0.25) is 0 Å². The number of nitrogen functional groups attached to an aromatic ring is 1. The summed E-state index contributed by atoms with van der Waals surface area (Å²) in [5.74, 6) is 0.0733. The quantitative estimate of drug-likeness (QED) is 0.805. The number of rotatable bonds is 1. The smallest absolute Gasteiger partial charge is 0.255 e. The summed E-state index contributed by atoms with van der Waals surface area (Å²) in [4.78, 5) is 14.2. The number of likely N-dealkylation sites (tertiary alicyclic amines) is 1. The minimum Gasteiger partial charge on any atom is -0.399 e. The molecule has 0 spiro atoms. The summed E-state index contributed by atoms with van der Waals surface area (Å²) in [6.45, 7) is 2.94. The summed E-state index contributed by atoms with van der Waals surface area (Å²) in [6.07, 6.45) is 2.18. The van der Waals surface area contributed by atoms with Crippen molar-refractivity contribution in [1.82, 2.24) is 4.90 Å². The van der Waals surface area contributed by atoms with Crippen LogP contribution in [0.15, 0.2) is 22.7 Å². The van der Waals surface area contributed by atoms with Crippen LogP contribution in [0.25, 0.3) is 0 Å². The minimum atomic E-state index is 0.0733. The number of carbonyl (C=O) groups is 1. The molecule has 1 aromatic carbocycles. The predicted molar refractivity (Wildman–Crippen MR) is 68.3 cm³/mol. The lowest BCUT2D eigenvalue weighted by atomic mass is 10.1. The molecule has 1 aliphatic rings. The van der Waals surface area contributed by atoms with Crippen molar-refractivity contribution in [2.45, 2.75) is 25.8 Å². The lowest BCUT2D eigenvalue weighted by Gasteiger charge is -2.22. The number of nitrogens with two attached hydrogens (primary N) is 1. The zero-order valence-electron chi connectivity index (χ0n) is 9.24. The van der Waals surface area contributed by atoms with Gasteiger partial charge in [-0.2, -0.15) is 0 Å². The van der Waals surface area contributed by atoms with E-state index < -0.39 is 0 Å². The molecule has 86 valence electrons. The maximum absolute atomic E-state index is 12.3. The number of halogens is 1. The van der Waals surface area contributed by atoms with E-state index in [0.717, 1.165) is 23.9 Å². The molecule has 2 N–H and O–H groups in total. The Labute approximate surface area is 104 Å². The summed E-state index contributed by atoms with van der Waals surface area (Å²) in [5.41, 5.74) is 6.99. The van der Waals surface area contributed by atoms with Crippen LogP contribution < -0.4 is 5.73 Å². The molecule has 0 bridgehead atoms. The Morgan fingerprint density at radius 3 is 2.94 bits per heavy atom. The molecule has 0 aliphatic carbocycles. The van der Waals surface area contributed by atoms with E-state index in [1.165, 1.54) is 0 Å². The first kappa shape index (κ1) is 11.5. The molecular weight excluding hydrogens is 268 g/mol. The number of amides is 1. The molecule has 2 rings (SSSR count). The normalized spacial score (nSPS) is 20.1. The van der Waals surface area contributed by atoms with Crippen LogP contribution in [-0.2, 0) is 0 Å². The topological polar surface area (TPSA) is 46.3 Å². The number of carbonyl (C=O) groups excluding carboxylic acids is 1. The van der Waals surface area contributed by atoms with E-state index in [2.05, 4.69) is 22.9 Å². The van der Waals surface area contributed by atoms with Crippen LogP contribution in [0.2, 0.25) is 0 Å². The van der Waals surface area contributed by atoms with Gasteiger partial charge in [0.25, 0.3) is 5.91 Å². The molecule has 3 nitrogen and oxygen atoms in total. The first-order valence-corrected chi connectivity index (χ1v) is 6.25. The van der Waals surface area contributed by atoms with Gasteiger partial charge in [-0.15, -0.1) is 0 Å². The van der Waals surface area contributed by atoms with Crippen LogP contribution in [0.5, 0.6) is 0 Å². The minimum absolute atomic E-state index is 0.0733. The summed E-state index contributed by atoms with van der Waals surface area (Å²) in [5, 5.41) is 0. The van der Waals surface area contributed by atoms with Crippen molar-refractivity contribution in [2.24, 2.45) is 0 Å². The van der Waals surface area contributed by atoms with Crippen LogP contribution in [-0.4, -0.2) is 23.4 Å². The fourth-order valence-electron chi connectivity index (χ4n) is 2.10. The molecular formula is C12H15BrN2O. The summed E-state index contributed by atoms with van der Waals surface area (Å²) in [6, 6.07) is 5.68. The Kier molecular flexibility index (Phi) is 3.19. The van der Waals surface area contributed by atoms with Crippen molar-refractivity contribution in [2.75, 3.05) is 12.3 Å². The fourth-order valence-corrected chi connectivity index (χ4v) is 2.51. The fraction of sp³-hybridized carbons (Fsp3) is 0.417. The highest BCUT2D eigenvalue weighted by molar-refractivity contribution is 9.10. The second kappa shape index (κ2) is 4.45. The van der Waals surface area contributed by atoms with Gasteiger partial charge < -0.3 is 10.6 Å². The number of nitrogens with zero attached hydrogens (tertiary/aromatic N) is 1. The highest BCUT2D eigenvalue weighted by Gasteiger charge is 2.27. The highest BCUT2D eigenvalue weighted by Crippen LogP contribution is 2.25. The summed E-state index contributed by atoms with van der Waals surface area (Å²) >= 11 is 3.40. The maximum atomic E-state index is 12.3. The van der Waals surface area contributed by atoms with Gasteiger partial charge in [-0.05, 0) is 53.9 Å². The van der Waals surface area contributed by atoms with E-state index in [-0.39, 0.29) is 5.91 Å². The molecule has 1 unspecified atom stereocenters. The van der Waals surface area contributed by atoms with Crippen LogP contribution in [0.4, 0.5) is 5.69 Å². The van der Waals surface area contributed by atoms with Gasteiger partial charge in [0.15, 0.2) is 0 Å². The molecule has 1 amide bonds. The monoisotopic (exact) mass is 282 g/mol. The zero-order valence-corrected chi connectivity index (χ0v) is 10.8. The lowest BCUT2D eigenvalue weighted by molar-refractivity contribution is 0.0746. The molecule has 0 saturated carbocycles. The Bertz CT molecular complexity index is 419. The first-order valence-electron chi connectivity index (χ1n) is 5.45. The van der Waals surface area contributed by atoms with Crippen LogP contribution in [0, 0.1) is 0 Å². The Balaban J connectivity index is 2.29. The van der Waals surface area contributed by atoms with E-state index in [0.29, 0.717) is 17.3 Å². The molecule has 1 aromatic rings. The van der Waals surface area contributed by atoms with Crippen LogP contribution >= 0.6 is 15.9 Å². The Morgan fingerprint density at radius 1 is 1.56 bits per heavy atom. The van der Waals surface area contributed by atoms with E-state index in [4.69, 9.17) is 5.73 Å². The number of hydrogen-bond donors (Lipinski definition) is 1.